The Hall–Kier alpha value is -1.30. The minimum Gasteiger partial charge on any atom is -0.0815 e. The summed E-state index contributed by atoms with van der Waals surface area (Å²) in [5, 5.41) is 0. The Labute approximate surface area is 110 Å². The fourth-order valence-electron chi connectivity index (χ4n) is 3.52. The minimum absolute atomic E-state index is 0.863. The van der Waals surface area contributed by atoms with Gasteiger partial charge >= 0.3 is 0 Å². The fourth-order valence-corrected chi connectivity index (χ4v) is 3.52. The molecule has 2 aliphatic rings. The maximum atomic E-state index is 2.45. The molecule has 0 N–H and O–H groups in total. The van der Waals surface area contributed by atoms with Crippen molar-refractivity contribution in [3.8, 4) is 0 Å². The highest BCUT2D eigenvalue weighted by Gasteiger charge is 2.24. The van der Waals surface area contributed by atoms with Gasteiger partial charge < -0.3 is 0 Å². The molecular formula is C18H22. The van der Waals surface area contributed by atoms with Gasteiger partial charge in [0.15, 0.2) is 0 Å². The van der Waals surface area contributed by atoms with E-state index in [1.165, 1.54) is 44.1 Å². The van der Waals surface area contributed by atoms with Crippen LogP contribution in [-0.4, -0.2) is 0 Å². The van der Waals surface area contributed by atoms with Crippen molar-refractivity contribution in [3.05, 3.63) is 58.7 Å². The molecule has 0 spiro atoms. The Kier molecular flexibility index (Phi) is 3.36. The summed E-state index contributed by atoms with van der Waals surface area (Å²) < 4.78 is 0. The van der Waals surface area contributed by atoms with Gasteiger partial charge in [-0.25, -0.2) is 0 Å². The van der Waals surface area contributed by atoms with Crippen molar-refractivity contribution in [3.63, 3.8) is 0 Å². The summed E-state index contributed by atoms with van der Waals surface area (Å²) in [6.45, 7) is 2.29. The monoisotopic (exact) mass is 238 g/mol. The zero-order chi connectivity index (χ0) is 12.4. The zero-order valence-electron chi connectivity index (χ0n) is 11.3. The molecule has 0 fully saturated rings. The van der Waals surface area contributed by atoms with Crippen molar-refractivity contribution in [2.24, 2.45) is 5.92 Å². The van der Waals surface area contributed by atoms with E-state index < -0.39 is 0 Å². The summed E-state index contributed by atoms with van der Waals surface area (Å²) >= 11 is 0. The van der Waals surface area contributed by atoms with Gasteiger partial charge in [-0.2, -0.15) is 0 Å². The lowest BCUT2D eigenvalue weighted by molar-refractivity contribution is 0.469. The van der Waals surface area contributed by atoms with Gasteiger partial charge in [-0.05, 0) is 56.9 Å². The highest BCUT2D eigenvalue weighted by atomic mass is 14.3. The molecule has 18 heavy (non-hydrogen) atoms. The van der Waals surface area contributed by atoms with Gasteiger partial charge in [0.1, 0.15) is 0 Å². The largest absolute Gasteiger partial charge is 0.0815 e. The Bertz CT molecular complexity index is 476. The Morgan fingerprint density at radius 1 is 1.17 bits per heavy atom. The highest BCUT2D eigenvalue weighted by molar-refractivity contribution is 5.32. The molecule has 0 heteroatoms. The standard InChI is InChI=1S/C18H22/c1-14-10-11-18-16(12-14)8-5-9-17(18)13-15-6-3-2-4-7-15/h2-4,6-7,10,16H,5,8-9,11-13H2,1H3. The third-order valence-electron chi connectivity index (χ3n) is 4.48. The van der Waals surface area contributed by atoms with Crippen LogP contribution in [0.3, 0.4) is 0 Å². The van der Waals surface area contributed by atoms with Crippen LogP contribution in [0.5, 0.6) is 0 Å². The van der Waals surface area contributed by atoms with Crippen molar-refractivity contribution < 1.29 is 0 Å². The average Bonchev–Trinajstić information content (AvgIpc) is 2.40. The third kappa shape index (κ3) is 2.43. The van der Waals surface area contributed by atoms with Crippen molar-refractivity contribution in [2.75, 3.05) is 0 Å². The molecule has 1 aromatic carbocycles. The van der Waals surface area contributed by atoms with E-state index in [0.29, 0.717) is 0 Å². The second kappa shape index (κ2) is 5.14. The number of fused-ring (bicyclic) bond motifs is 1. The Morgan fingerprint density at radius 2 is 2.00 bits per heavy atom. The second-order valence-electron chi connectivity index (χ2n) is 5.84. The minimum atomic E-state index is 0.863. The Balaban J connectivity index is 1.86. The number of benzene rings is 1. The lowest BCUT2D eigenvalue weighted by atomic mass is 9.74. The van der Waals surface area contributed by atoms with Crippen molar-refractivity contribution in [1.29, 1.82) is 0 Å². The molecule has 0 amide bonds. The quantitative estimate of drug-likeness (QED) is 0.631. The molecule has 1 aromatic rings. The van der Waals surface area contributed by atoms with Crippen molar-refractivity contribution >= 4 is 0 Å². The van der Waals surface area contributed by atoms with Gasteiger partial charge in [0, 0.05) is 0 Å². The predicted molar refractivity (Wildman–Crippen MR) is 77.5 cm³/mol. The summed E-state index contributed by atoms with van der Waals surface area (Å²) in [7, 11) is 0. The normalized spacial score (nSPS) is 23.6. The summed E-state index contributed by atoms with van der Waals surface area (Å²) in [4.78, 5) is 0. The zero-order valence-corrected chi connectivity index (χ0v) is 11.3. The van der Waals surface area contributed by atoms with Crippen LogP contribution in [-0.2, 0) is 6.42 Å². The number of rotatable bonds is 2. The number of allylic oxidation sites excluding steroid dienone is 4. The molecule has 2 aliphatic carbocycles. The van der Waals surface area contributed by atoms with Gasteiger partial charge in [0.25, 0.3) is 0 Å². The van der Waals surface area contributed by atoms with Crippen LogP contribution >= 0.6 is 0 Å². The van der Waals surface area contributed by atoms with E-state index in [2.05, 4.69) is 43.3 Å². The molecule has 0 aliphatic heterocycles. The fraction of sp³-hybridized carbons (Fsp3) is 0.444. The molecule has 0 heterocycles. The Morgan fingerprint density at radius 3 is 2.83 bits per heavy atom. The van der Waals surface area contributed by atoms with Crippen LogP contribution < -0.4 is 0 Å². The molecule has 0 nitrogen and oxygen atoms in total. The first-order valence-electron chi connectivity index (χ1n) is 7.23. The van der Waals surface area contributed by atoms with Crippen LogP contribution in [0, 0.1) is 5.92 Å². The van der Waals surface area contributed by atoms with Crippen molar-refractivity contribution in [1.82, 2.24) is 0 Å². The maximum Gasteiger partial charge on any atom is -0.00642 e. The maximum absolute atomic E-state index is 2.45. The van der Waals surface area contributed by atoms with Crippen LogP contribution in [0.25, 0.3) is 0 Å². The van der Waals surface area contributed by atoms with E-state index in [4.69, 9.17) is 0 Å². The molecule has 94 valence electrons. The van der Waals surface area contributed by atoms with E-state index in [9.17, 15) is 0 Å². The molecule has 0 saturated heterocycles. The van der Waals surface area contributed by atoms with E-state index in [1.807, 2.05) is 0 Å². The van der Waals surface area contributed by atoms with E-state index >= 15 is 0 Å². The lowest BCUT2D eigenvalue weighted by Gasteiger charge is -2.32. The first kappa shape index (κ1) is 11.8. The van der Waals surface area contributed by atoms with Gasteiger partial charge in [-0.1, -0.05) is 53.1 Å². The second-order valence-corrected chi connectivity index (χ2v) is 5.84. The number of hydrogen-bond donors (Lipinski definition) is 0. The first-order valence-corrected chi connectivity index (χ1v) is 7.23. The molecule has 1 unspecified atom stereocenters. The first-order chi connectivity index (χ1) is 8.83. The molecular weight excluding hydrogens is 216 g/mol. The topological polar surface area (TPSA) is 0 Å². The van der Waals surface area contributed by atoms with Gasteiger partial charge in [0.2, 0.25) is 0 Å². The SMILES string of the molecule is CC1=CCC2=C(Cc3ccccc3)CCCC2C1. The van der Waals surface area contributed by atoms with Gasteiger partial charge in [-0.3, -0.25) is 0 Å². The molecule has 0 radical (unpaired) electrons. The molecule has 0 aromatic heterocycles. The van der Waals surface area contributed by atoms with E-state index in [-0.39, 0.29) is 0 Å². The summed E-state index contributed by atoms with van der Waals surface area (Å²) in [5.41, 5.74) is 6.59. The summed E-state index contributed by atoms with van der Waals surface area (Å²) in [5.74, 6) is 0.863. The molecule has 1 atom stereocenters. The average molecular weight is 238 g/mol. The molecule has 0 saturated carbocycles. The highest BCUT2D eigenvalue weighted by Crippen LogP contribution is 2.40. The van der Waals surface area contributed by atoms with Crippen LogP contribution in [0.1, 0.15) is 44.6 Å². The number of hydrogen-bond acceptors (Lipinski definition) is 0. The summed E-state index contributed by atoms with van der Waals surface area (Å²) in [6, 6.07) is 11.0. The lowest BCUT2D eigenvalue weighted by Crippen LogP contribution is -2.16. The van der Waals surface area contributed by atoms with Crippen LogP contribution in [0.15, 0.2) is 53.1 Å². The predicted octanol–water partition coefficient (Wildman–Crippen LogP) is 5.07. The van der Waals surface area contributed by atoms with Crippen LogP contribution in [0.2, 0.25) is 0 Å². The molecule has 3 rings (SSSR count). The van der Waals surface area contributed by atoms with E-state index in [1.54, 1.807) is 16.7 Å². The van der Waals surface area contributed by atoms with Gasteiger partial charge in [0.05, 0.1) is 0 Å². The smallest absolute Gasteiger partial charge is 0.00642 e. The van der Waals surface area contributed by atoms with Crippen molar-refractivity contribution in [2.45, 2.75) is 45.4 Å². The van der Waals surface area contributed by atoms with Gasteiger partial charge in [-0.15, -0.1) is 0 Å². The van der Waals surface area contributed by atoms with E-state index in [0.717, 1.165) is 5.92 Å². The summed E-state index contributed by atoms with van der Waals surface area (Å²) in [6.07, 6.45) is 10.3. The molecule has 0 bridgehead atoms. The van der Waals surface area contributed by atoms with Crippen LogP contribution in [0.4, 0.5) is 0 Å². The third-order valence-corrected chi connectivity index (χ3v) is 4.48.